The van der Waals surface area contributed by atoms with Crippen LogP contribution in [0, 0.1) is 29.6 Å². The Morgan fingerprint density at radius 1 is 1.23 bits per heavy atom. The second-order valence-electron chi connectivity index (χ2n) is 9.29. The van der Waals surface area contributed by atoms with Gasteiger partial charge in [-0.2, -0.15) is 0 Å². The summed E-state index contributed by atoms with van der Waals surface area (Å²) in [6, 6.07) is 0. The molecule has 0 aromatic rings. The van der Waals surface area contributed by atoms with Crippen molar-refractivity contribution in [1.29, 1.82) is 0 Å². The molecule has 0 aromatic carbocycles. The Bertz CT molecular complexity index is 709. The molecule has 174 valence electrons. The number of allylic oxidation sites excluding steroid dienone is 3. The van der Waals surface area contributed by atoms with Gasteiger partial charge in [0.25, 0.3) is 0 Å². The molecule has 0 bridgehead atoms. The fourth-order valence-corrected chi connectivity index (χ4v) is 4.69. The average molecular weight is 435 g/mol. The summed E-state index contributed by atoms with van der Waals surface area (Å²) in [6.45, 7) is 8.15. The zero-order chi connectivity index (χ0) is 23.1. The third-order valence-electron chi connectivity index (χ3n) is 6.73. The number of hydrogen-bond donors (Lipinski definition) is 1. The van der Waals surface area contributed by atoms with E-state index in [0.717, 1.165) is 12.8 Å². The lowest BCUT2D eigenvalue weighted by atomic mass is 9.65. The van der Waals surface area contributed by atoms with Crippen molar-refractivity contribution < 1.29 is 29.0 Å². The summed E-state index contributed by atoms with van der Waals surface area (Å²) in [4.78, 5) is 36.3. The fourth-order valence-electron chi connectivity index (χ4n) is 4.69. The average Bonchev–Trinajstić information content (AvgIpc) is 2.72. The minimum atomic E-state index is -1.01. The molecule has 6 heteroatoms. The molecule has 31 heavy (non-hydrogen) atoms. The van der Waals surface area contributed by atoms with Crippen LogP contribution in [0.4, 0.5) is 0 Å². The van der Waals surface area contributed by atoms with Crippen molar-refractivity contribution in [2.45, 2.75) is 78.4 Å². The molecule has 0 spiro atoms. The van der Waals surface area contributed by atoms with Gasteiger partial charge in [0.05, 0.1) is 25.6 Å². The molecule has 0 heterocycles. The Balaban J connectivity index is 2.07. The van der Waals surface area contributed by atoms with E-state index in [1.54, 1.807) is 0 Å². The Morgan fingerprint density at radius 2 is 1.94 bits per heavy atom. The highest BCUT2D eigenvalue weighted by molar-refractivity contribution is 5.80. The Morgan fingerprint density at radius 3 is 2.58 bits per heavy atom. The molecule has 0 fully saturated rings. The molecule has 2 aliphatic carbocycles. The number of carbonyl (C=O) groups excluding carboxylic acids is 3. The molecule has 7 atom stereocenters. The highest BCUT2D eigenvalue weighted by atomic mass is 16.5. The van der Waals surface area contributed by atoms with Gasteiger partial charge in [-0.3, -0.25) is 14.4 Å². The number of carbonyl (C=O) groups is 3. The van der Waals surface area contributed by atoms with Gasteiger partial charge in [0.1, 0.15) is 11.9 Å². The second-order valence-corrected chi connectivity index (χ2v) is 9.29. The van der Waals surface area contributed by atoms with Gasteiger partial charge in [-0.1, -0.05) is 45.9 Å². The largest absolute Gasteiger partial charge is 0.469 e. The first-order valence-electron chi connectivity index (χ1n) is 11.5. The fraction of sp³-hybridized carbons (Fsp3) is 0.720. The molecule has 0 amide bonds. The highest BCUT2D eigenvalue weighted by Gasteiger charge is 2.41. The van der Waals surface area contributed by atoms with E-state index in [-0.39, 0.29) is 54.4 Å². The van der Waals surface area contributed by atoms with E-state index in [4.69, 9.17) is 4.74 Å². The van der Waals surface area contributed by atoms with E-state index in [9.17, 15) is 19.5 Å². The lowest BCUT2D eigenvalue weighted by molar-refractivity contribution is -0.158. The zero-order valence-corrected chi connectivity index (χ0v) is 19.5. The minimum absolute atomic E-state index is 0.0527. The maximum Gasteiger partial charge on any atom is 0.308 e. The van der Waals surface area contributed by atoms with Crippen LogP contribution >= 0.6 is 0 Å². The Hall–Kier alpha value is -1.95. The van der Waals surface area contributed by atoms with Crippen LogP contribution in [0.5, 0.6) is 0 Å². The molecule has 0 aromatic heterocycles. The van der Waals surface area contributed by atoms with Crippen molar-refractivity contribution in [3.63, 3.8) is 0 Å². The van der Waals surface area contributed by atoms with Gasteiger partial charge in [0, 0.05) is 18.8 Å². The van der Waals surface area contributed by atoms with E-state index in [1.807, 2.05) is 13.8 Å². The molecule has 0 saturated heterocycles. The van der Waals surface area contributed by atoms with Gasteiger partial charge >= 0.3 is 11.9 Å². The number of aliphatic hydroxyl groups is 1. The van der Waals surface area contributed by atoms with Gasteiger partial charge in [-0.05, 0) is 42.6 Å². The van der Waals surface area contributed by atoms with Crippen LogP contribution in [0.2, 0.25) is 0 Å². The van der Waals surface area contributed by atoms with Gasteiger partial charge in [0.2, 0.25) is 0 Å². The molecular formula is C25H38O6. The van der Waals surface area contributed by atoms with Crippen LogP contribution in [0.1, 0.15) is 66.2 Å². The van der Waals surface area contributed by atoms with Crippen molar-refractivity contribution in [3.05, 3.63) is 23.8 Å². The predicted octanol–water partition coefficient (Wildman–Crippen LogP) is 4.01. The van der Waals surface area contributed by atoms with Crippen LogP contribution in [-0.4, -0.2) is 42.1 Å². The summed E-state index contributed by atoms with van der Waals surface area (Å²) < 4.78 is 10.5. The van der Waals surface area contributed by atoms with Gasteiger partial charge in [-0.25, -0.2) is 0 Å². The molecular weight excluding hydrogens is 396 g/mol. The molecule has 1 N–H and O–H groups in total. The summed E-state index contributed by atoms with van der Waals surface area (Å²) in [5.74, 6) is -0.0222. The second kappa shape index (κ2) is 11.6. The Labute approximate surface area is 186 Å². The standard InChI is InChI=1S/C25H38O6/c1-6-16(3)25(29)31-22-12-15(2)11-18-8-7-17(4)21(24(18)22)10-9-19(26)13-20(27)14-23(28)30-5/h7-8,11,15-17,20-22,24,27H,6,9-10,12-14H2,1-5H3/t15-,16-,17-,20+,21-,22-,24-/m0/s1. The van der Waals surface area contributed by atoms with Crippen molar-refractivity contribution in [1.82, 2.24) is 0 Å². The number of Topliss-reactive ketones (excluding diaryl/α,β-unsaturated/α-hetero) is 1. The minimum Gasteiger partial charge on any atom is -0.469 e. The predicted molar refractivity (Wildman–Crippen MR) is 118 cm³/mol. The first kappa shape index (κ1) is 25.3. The Kier molecular flexibility index (Phi) is 9.48. The van der Waals surface area contributed by atoms with Crippen LogP contribution in [0.25, 0.3) is 0 Å². The van der Waals surface area contributed by atoms with Crippen molar-refractivity contribution in [2.24, 2.45) is 29.6 Å². The molecule has 2 rings (SSSR count). The van der Waals surface area contributed by atoms with Gasteiger partial charge in [0.15, 0.2) is 0 Å². The summed E-state index contributed by atoms with van der Waals surface area (Å²) in [5.41, 5.74) is 1.20. The van der Waals surface area contributed by atoms with Crippen molar-refractivity contribution >= 4 is 17.7 Å². The SMILES string of the molecule is CC[C@H](C)C(=O)O[C@H]1C[C@@H](C)C=C2C=C[C@H](C)[C@H](CCC(=O)C[C@@H](O)CC(=O)OC)[C@H]21. The number of ketones is 1. The first-order valence-corrected chi connectivity index (χ1v) is 11.5. The summed E-state index contributed by atoms with van der Waals surface area (Å²) in [6.07, 6.45) is 7.67. The van der Waals surface area contributed by atoms with Crippen molar-refractivity contribution in [2.75, 3.05) is 7.11 Å². The molecule has 0 unspecified atom stereocenters. The number of rotatable bonds is 10. The van der Waals surface area contributed by atoms with Gasteiger partial charge in [-0.15, -0.1) is 0 Å². The number of hydrogen-bond acceptors (Lipinski definition) is 6. The highest BCUT2D eigenvalue weighted by Crippen LogP contribution is 2.45. The molecule has 6 nitrogen and oxygen atoms in total. The lowest BCUT2D eigenvalue weighted by Crippen LogP contribution is -2.41. The maximum atomic E-state index is 12.5. The van der Waals surface area contributed by atoms with E-state index in [2.05, 4.69) is 36.8 Å². The smallest absolute Gasteiger partial charge is 0.308 e. The topological polar surface area (TPSA) is 89.9 Å². The number of fused-ring (bicyclic) bond motifs is 1. The zero-order valence-electron chi connectivity index (χ0n) is 19.5. The van der Waals surface area contributed by atoms with E-state index < -0.39 is 12.1 Å². The van der Waals surface area contributed by atoms with Crippen LogP contribution < -0.4 is 0 Å². The van der Waals surface area contributed by atoms with E-state index in [0.29, 0.717) is 18.8 Å². The monoisotopic (exact) mass is 434 g/mol. The quantitative estimate of drug-likeness (QED) is 0.523. The molecule has 0 aliphatic heterocycles. The van der Waals surface area contributed by atoms with Crippen LogP contribution in [-0.2, 0) is 23.9 Å². The number of aliphatic hydroxyl groups excluding tert-OH is 1. The first-order chi connectivity index (χ1) is 14.7. The summed E-state index contributed by atoms with van der Waals surface area (Å²) >= 11 is 0. The summed E-state index contributed by atoms with van der Waals surface area (Å²) in [7, 11) is 1.26. The maximum absolute atomic E-state index is 12.5. The number of methoxy groups -OCH3 is 1. The van der Waals surface area contributed by atoms with Crippen LogP contribution in [0.15, 0.2) is 23.8 Å². The normalized spacial score (nSPS) is 29.4. The van der Waals surface area contributed by atoms with Gasteiger partial charge < -0.3 is 14.6 Å². The number of esters is 2. The lowest BCUT2D eigenvalue weighted by Gasteiger charge is -2.43. The number of ether oxygens (including phenoxy) is 2. The van der Waals surface area contributed by atoms with E-state index in [1.165, 1.54) is 12.7 Å². The van der Waals surface area contributed by atoms with E-state index >= 15 is 0 Å². The molecule has 0 saturated carbocycles. The van der Waals surface area contributed by atoms with Crippen LogP contribution in [0.3, 0.4) is 0 Å². The van der Waals surface area contributed by atoms with Crippen molar-refractivity contribution in [3.8, 4) is 0 Å². The summed E-state index contributed by atoms with van der Waals surface area (Å²) in [5, 5.41) is 9.94. The molecule has 0 radical (unpaired) electrons. The third-order valence-corrected chi connectivity index (χ3v) is 6.73. The third kappa shape index (κ3) is 7.03. The molecule has 2 aliphatic rings.